The number of aryl methyl sites for hydroxylation is 2. The Labute approximate surface area is 335 Å². The van der Waals surface area contributed by atoms with Gasteiger partial charge in [0.1, 0.15) is 5.84 Å². The van der Waals surface area contributed by atoms with Gasteiger partial charge in [-0.2, -0.15) is 0 Å². The van der Waals surface area contributed by atoms with E-state index in [-0.39, 0.29) is 11.8 Å². The third-order valence-electron chi connectivity index (χ3n) is 11.5. The molecule has 9 rings (SSSR count). The molecule has 0 aromatic heterocycles. The molecule has 0 spiro atoms. The lowest BCUT2D eigenvalue weighted by Crippen LogP contribution is -2.29. The van der Waals surface area contributed by atoms with Crippen molar-refractivity contribution in [3.63, 3.8) is 0 Å². The van der Waals surface area contributed by atoms with Crippen LogP contribution in [0.2, 0.25) is 0 Å². The number of rotatable bonds is 7. The Hall–Kier alpha value is -6.58. The van der Waals surface area contributed by atoms with E-state index in [0.29, 0.717) is 6.54 Å². The summed E-state index contributed by atoms with van der Waals surface area (Å²) in [6.07, 6.45) is 12.2. The molecule has 0 bridgehead atoms. The molecule has 3 nitrogen and oxygen atoms in total. The first-order valence-corrected chi connectivity index (χ1v) is 20.1. The molecule has 2 aliphatic carbocycles. The Morgan fingerprint density at radius 1 is 0.667 bits per heavy atom. The highest BCUT2D eigenvalue weighted by atomic mass is 15.2. The van der Waals surface area contributed by atoms with Crippen LogP contribution in [0.15, 0.2) is 169 Å². The van der Waals surface area contributed by atoms with Crippen LogP contribution >= 0.6 is 0 Å². The highest BCUT2D eigenvalue weighted by Gasteiger charge is 2.19. The molecular weight excluding hydrogens is 691 g/mol. The lowest BCUT2D eigenvalue weighted by molar-refractivity contribution is 0.502. The summed E-state index contributed by atoms with van der Waals surface area (Å²) >= 11 is 0. The average molecular weight is 738 g/mol. The van der Waals surface area contributed by atoms with Crippen LogP contribution in [0.4, 0.5) is 0 Å². The minimum atomic E-state index is 0.191. The molecule has 3 heteroatoms. The van der Waals surface area contributed by atoms with Gasteiger partial charge in [0.15, 0.2) is 5.84 Å². The number of nitrogens with zero attached hydrogens (tertiary/aromatic N) is 2. The number of hydrogen-bond donors (Lipinski definition) is 1. The smallest absolute Gasteiger partial charge is 0.154 e. The van der Waals surface area contributed by atoms with Crippen molar-refractivity contribution in [2.45, 2.75) is 45.6 Å². The number of hydrogen-bond acceptors (Lipinski definition) is 1. The first kappa shape index (κ1) is 36.1. The van der Waals surface area contributed by atoms with Gasteiger partial charge in [0.2, 0.25) is 0 Å². The number of amidine groups is 2. The summed E-state index contributed by atoms with van der Waals surface area (Å²) in [5, 5.41) is 17.1. The zero-order valence-electron chi connectivity index (χ0n) is 33.0. The van der Waals surface area contributed by atoms with Crippen LogP contribution in [0, 0.1) is 19.3 Å². The van der Waals surface area contributed by atoms with E-state index in [1.54, 1.807) is 0 Å². The second-order valence-electron chi connectivity index (χ2n) is 15.8. The number of nitrogens with one attached hydrogen (secondary N) is 1. The van der Waals surface area contributed by atoms with Gasteiger partial charge in [-0.1, -0.05) is 157 Å². The fourth-order valence-corrected chi connectivity index (χ4v) is 8.71. The topological polar surface area (TPSA) is 39.5 Å². The second kappa shape index (κ2) is 15.5. The van der Waals surface area contributed by atoms with Crippen LogP contribution < -0.4 is 10.4 Å². The summed E-state index contributed by atoms with van der Waals surface area (Å²) in [6, 6.07) is 52.4. The van der Waals surface area contributed by atoms with E-state index in [0.717, 1.165) is 41.6 Å². The number of aliphatic imine (C=N–C) groups is 1. The van der Waals surface area contributed by atoms with Crippen LogP contribution in [0.5, 0.6) is 0 Å². The van der Waals surface area contributed by atoms with E-state index in [4.69, 9.17) is 4.99 Å². The zero-order chi connectivity index (χ0) is 38.9. The van der Waals surface area contributed by atoms with Gasteiger partial charge >= 0.3 is 0 Å². The maximum absolute atomic E-state index is 9.74. The maximum Gasteiger partial charge on any atom is 0.154 e. The summed E-state index contributed by atoms with van der Waals surface area (Å²) in [5.74, 6) is 1.22. The highest BCUT2D eigenvalue weighted by molar-refractivity contribution is 6.11. The molecule has 1 unspecified atom stereocenters. The van der Waals surface area contributed by atoms with Crippen molar-refractivity contribution in [2.24, 2.45) is 4.99 Å². The van der Waals surface area contributed by atoms with Crippen molar-refractivity contribution in [3.05, 3.63) is 219 Å². The molecule has 0 radical (unpaired) electrons. The summed E-state index contributed by atoms with van der Waals surface area (Å²) in [6.45, 7) is 4.99. The first-order valence-electron chi connectivity index (χ1n) is 20.1. The molecule has 0 saturated heterocycles. The van der Waals surface area contributed by atoms with E-state index in [1.165, 1.54) is 71.1 Å². The zero-order valence-corrected chi connectivity index (χ0v) is 33.0. The molecule has 0 amide bonds. The van der Waals surface area contributed by atoms with Crippen molar-refractivity contribution >= 4 is 50.4 Å². The van der Waals surface area contributed by atoms with Crippen molar-refractivity contribution in [1.29, 1.82) is 5.41 Å². The Kier molecular flexibility index (Phi) is 9.82. The third-order valence-corrected chi connectivity index (χ3v) is 11.5. The Morgan fingerprint density at radius 2 is 1.37 bits per heavy atom. The largest absolute Gasteiger partial charge is 0.355 e. The van der Waals surface area contributed by atoms with Crippen molar-refractivity contribution < 1.29 is 0 Å². The summed E-state index contributed by atoms with van der Waals surface area (Å²) in [5.41, 5.74) is 11.9. The molecule has 1 N–H and O–H groups in total. The predicted octanol–water partition coefficient (Wildman–Crippen LogP) is 11.4. The molecule has 7 aromatic rings. The van der Waals surface area contributed by atoms with E-state index in [1.807, 2.05) is 0 Å². The normalized spacial score (nSPS) is 15.3. The molecular formula is C54H47N3. The number of allylic oxidation sites excluding steroid dienone is 4. The molecule has 57 heavy (non-hydrogen) atoms. The Bertz CT molecular complexity index is 2900. The molecule has 0 heterocycles. The van der Waals surface area contributed by atoms with Crippen LogP contribution in [-0.2, 0) is 6.54 Å². The van der Waals surface area contributed by atoms with Gasteiger partial charge in [-0.15, -0.1) is 0 Å². The van der Waals surface area contributed by atoms with E-state index < -0.39 is 0 Å². The van der Waals surface area contributed by atoms with Gasteiger partial charge in [0.05, 0.1) is 0 Å². The standard InChI is InChI=1S/C54H47N3/c1-36-27-37(2)29-47(28-36)41-21-23-42(24-22-41)48-32-49(52-18-10-16-43-13-8-9-17-51(43)52)34-50(33-48)53(55)56-54(46-26-25-40-12-5-7-15-45(40)31-46)57(3)35-38-19-20-39-11-4-6-14-44(39)30-38/h4-9,11-17,19-23,25-34,42,55H,10,18,24,35H2,1-3H3/b55-53?,56-54-. The van der Waals surface area contributed by atoms with Crippen molar-refractivity contribution in [2.75, 3.05) is 7.05 Å². The fourth-order valence-electron chi connectivity index (χ4n) is 8.71. The molecule has 1 atom stereocenters. The monoisotopic (exact) mass is 737 g/mol. The minimum Gasteiger partial charge on any atom is -0.355 e. The van der Waals surface area contributed by atoms with Crippen LogP contribution in [-0.4, -0.2) is 23.6 Å². The SMILES string of the molecule is Cc1cc(C)cc(C2=CCC(c3cc(C(=N)/N=C(/c4ccc5ccccc5c4)N(C)Cc4ccc5ccccc5c4)cc(C4=c5ccccc5=CCC4)c3)C=C2)c1. The van der Waals surface area contributed by atoms with Crippen molar-refractivity contribution in [1.82, 2.24) is 4.90 Å². The lowest BCUT2D eigenvalue weighted by Gasteiger charge is -2.23. The molecule has 278 valence electrons. The van der Waals surface area contributed by atoms with E-state index in [2.05, 4.69) is 196 Å². The maximum atomic E-state index is 9.74. The molecule has 2 aliphatic rings. The molecule has 7 aromatic carbocycles. The quantitative estimate of drug-likeness (QED) is 0.128. The van der Waals surface area contributed by atoms with E-state index >= 15 is 0 Å². The summed E-state index contributed by atoms with van der Waals surface area (Å²) in [7, 11) is 2.09. The van der Waals surface area contributed by atoms with Gasteiger partial charge in [0.25, 0.3) is 0 Å². The highest BCUT2D eigenvalue weighted by Crippen LogP contribution is 2.34. The molecule has 0 saturated carbocycles. The summed E-state index contributed by atoms with van der Waals surface area (Å²) in [4.78, 5) is 7.44. The van der Waals surface area contributed by atoms with Gasteiger partial charge in [-0.3, -0.25) is 5.41 Å². The molecule has 0 aliphatic heterocycles. The number of fused-ring (bicyclic) bond motifs is 3. The van der Waals surface area contributed by atoms with Gasteiger partial charge < -0.3 is 4.90 Å². The van der Waals surface area contributed by atoms with Gasteiger partial charge in [0, 0.05) is 30.6 Å². The fraction of sp³-hybridized carbons (Fsp3) is 0.148. The van der Waals surface area contributed by atoms with Crippen molar-refractivity contribution in [3.8, 4) is 0 Å². The van der Waals surface area contributed by atoms with Gasteiger partial charge in [-0.05, 0) is 123 Å². The Morgan fingerprint density at radius 3 is 2.12 bits per heavy atom. The number of benzene rings is 7. The van der Waals surface area contributed by atoms with Crippen LogP contribution in [0.3, 0.4) is 0 Å². The van der Waals surface area contributed by atoms with Crippen LogP contribution in [0.1, 0.15) is 69.7 Å². The van der Waals surface area contributed by atoms with Gasteiger partial charge in [-0.25, -0.2) is 4.99 Å². The average Bonchev–Trinajstić information content (AvgIpc) is 3.24. The predicted molar refractivity (Wildman–Crippen MR) is 241 cm³/mol. The van der Waals surface area contributed by atoms with E-state index in [9.17, 15) is 5.41 Å². The summed E-state index contributed by atoms with van der Waals surface area (Å²) < 4.78 is 0. The van der Waals surface area contributed by atoms with Crippen LogP contribution in [0.25, 0.3) is 38.8 Å². The third kappa shape index (κ3) is 7.66. The lowest BCUT2D eigenvalue weighted by atomic mass is 9.84. The second-order valence-corrected chi connectivity index (χ2v) is 15.8. The first-order chi connectivity index (χ1) is 27.8. The minimum absolute atomic E-state index is 0.191. The molecule has 0 fully saturated rings. The Balaban J connectivity index is 1.13.